The first-order chi connectivity index (χ1) is 9.60. The fourth-order valence-corrected chi connectivity index (χ4v) is 2.14. The van der Waals surface area contributed by atoms with E-state index >= 15 is 0 Å². The number of nitrogens with two attached hydrogens (primary N) is 1. The molecule has 0 unspecified atom stereocenters. The number of hydrogen-bond donors (Lipinski definition) is 1. The second kappa shape index (κ2) is 6.37. The summed E-state index contributed by atoms with van der Waals surface area (Å²) in [6, 6.07) is 8.00. The van der Waals surface area contributed by atoms with Crippen LogP contribution in [0.2, 0.25) is 0 Å². The molecule has 20 heavy (non-hydrogen) atoms. The second-order valence-corrected chi connectivity index (χ2v) is 5.07. The summed E-state index contributed by atoms with van der Waals surface area (Å²) in [5, 5.41) is 0. The van der Waals surface area contributed by atoms with Gasteiger partial charge in [-0.3, -0.25) is 4.98 Å². The third kappa shape index (κ3) is 3.47. The summed E-state index contributed by atoms with van der Waals surface area (Å²) in [6.07, 6.45) is 2.92. The Morgan fingerprint density at radius 1 is 1.20 bits per heavy atom. The van der Waals surface area contributed by atoms with Crippen LogP contribution in [0.25, 0.3) is 0 Å². The molecule has 2 rings (SSSR count). The van der Waals surface area contributed by atoms with Crippen LogP contribution in [0, 0.1) is 13.8 Å². The van der Waals surface area contributed by atoms with Crippen LogP contribution < -0.4 is 10.6 Å². The van der Waals surface area contributed by atoms with Crippen LogP contribution in [-0.2, 0) is 6.54 Å². The summed E-state index contributed by atoms with van der Waals surface area (Å²) in [6.45, 7) is 7.90. The third-order valence-corrected chi connectivity index (χ3v) is 3.32. The van der Waals surface area contributed by atoms with Gasteiger partial charge in [0.05, 0.1) is 17.6 Å². The summed E-state index contributed by atoms with van der Waals surface area (Å²) in [5.41, 5.74) is 9.80. The van der Waals surface area contributed by atoms with E-state index in [1.54, 1.807) is 0 Å². The zero-order chi connectivity index (χ0) is 14.5. The second-order valence-electron chi connectivity index (χ2n) is 5.07. The number of benzene rings is 1. The van der Waals surface area contributed by atoms with Crippen molar-refractivity contribution in [2.24, 2.45) is 0 Å². The van der Waals surface area contributed by atoms with Gasteiger partial charge in [-0.15, -0.1) is 0 Å². The summed E-state index contributed by atoms with van der Waals surface area (Å²) in [5.74, 6) is 0.928. The van der Waals surface area contributed by atoms with Crippen LogP contribution in [-0.4, -0.2) is 16.5 Å². The first kappa shape index (κ1) is 14.3. The number of hydrogen-bond acceptors (Lipinski definition) is 4. The molecule has 0 atom stereocenters. The highest BCUT2D eigenvalue weighted by atomic mass is 15.2. The molecule has 1 aromatic carbocycles. The van der Waals surface area contributed by atoms with E-state index in [4.69, 9.17) is 5.73 Å². The Hall–Kier alpha value is -2.10. The maximum Gasteiger partial charge on any atom is 0.147 e. The predicted molar refractivity (Wildman–Crippen MR) is 83.7 cm³/mol. The van der Waals surface area contributed by atoms with Crippen molar-refractivity contribution in [3.8, 4) is 0 Å². The maximum atomic E-state index is 5.84. The Bertz CT molecular complexity index is 580. The van der Waals surface area contributed by atoms with E-state index in [0.717, 1.165) is 42.4 Å². The van der Waals surface area contributed by atoms with Gasteiger partial charge in [0, 0.05) is 18.8 Å². The molecule has 0 saturated heterocycles. The third-order valence-electron chi connectivity index (χ3n) is 3.32. The van der Waals surface area contributed by atoms with E-state index in [1.165, 1.54) is 5.56 Å². The average molecular weight is 270 g/mol. The Labute approximate surface area is 120 Å². The quantitative estimate of drug-likeness (QED) is 0.848. The van der Waals surface area contributed by atoms with Crippen molar-refractivity contribution in [2.75, 3.05) is 17.2 Å². The molecule has 1 heterocycles. The van der Waals surface area contributed by atoms with E-state index in [2.05, 4.69) is 27.9 Å². The standard InChI is InChI=1S/C16H22N4/c1-4-8-20(11-14-6-5-7-15(17)9-14)16-10-18-12(2)13(3)19-16/h5-7,9-10H,4,8,11,17H2,1-3H3. The Morgan fingerprint density at radius 3 is 2.65 bits per heavy atom. The van der Waals surface area contributed by atoms with Crippen LogP contribution >= 0.6 is 0 Å². The molecule has 1 aromatic heterocycles. The Morgan fingerprint density at radius 2 is 2.00 bits per heavy atom. The minimum atomic E-state index is 0.796. The molecular formula is C16H22N4. The van der Waals surface area contributed by atoms with Gasteiger partial charge in [0.1, 0.15) is 5.82 Å². The lowest BCUT2D eigenvalue weighted by molar-refractivity contribution is 0.748. The minimum absolute atomic E-state index is 0.796. The van der Waals surface area contributed by atoms with Gasteiger partial charge in [0.15, 0.2) is 0 Å². The molecule has 0 aliphatic carbocycles. The zero-order valence-electron chi connectivity index (χ0n) is 12.4. The molecule has 0 aliphatic heterocycles. The van der Waals surface area contributed by atoms with Gasteiger partial charge in [-0.1, -0.05) is 19.1 Å². The van der Waals surface area contributed by atoms with Crippen molar-refractivity contribution < 1.29 is 0 Å². The number of nitrogens with zero attached hydrogens (tertiary/aromatic N) is 3. The number of aromatic nitrogens is 2. The van der Waals surface area contributed by atoms with Gasteiger partial charge in [-0.05, 0) is 38.0 Å². The predicted octanol–water partition coefficient (Wildman–Crippen LogP) is 3.09. The Balaban J connectivity index is 2.24. The zero-order valence-corrected chi connectivity index (χ0v) is 12.4. The van der Waals surface area contributed by atoms with Crippen LogP contribution in [0.4, 0.5) is 11.5 Å². The topological polar surface area (TPSA) is 55.0 Å². The van der Waals surface area contributed by atoms with Gasteiger partial charge in [-0.2, -0.15) is 0 Å². The summed E-state index contributed by atoms with van der Waals surface area (Å²) < 4.78 is 0. The van der Waals surface area contributed by atoms with Crippen molar-refractivity contribution in [1.29, 1.82) is 0 Å². The number of nitrogen functional groups attached to an aromatic ring is 1. The van der Waals surface area contributed by atoms with E-state index < -0.39 is 0 Å². The minimum Gasteiger partial charge on any atom is -0.399 e. The molecule has 2 N–H and O–H groups in total. The number of anilines is 2. The molecule has 0 aliphatic rings. The molecule has 106 valence electrons. The van der Waals surface area contributed by atoms with Crippen molar-refractivity contribution in [1.82, 2.24) is 9.97 Å². The molecule has 0 spiro atoms. The first-order valence-corrected chi connectivity index (χ1v) is 6.99. The van der Waals surface area contributed by atoms with Crippen molar-refractivity contribution in [3.63, 3.8) is 0 Å². The van der Waals surface area contributed by atoms with Crippen LogP contribution in [0.1, 0.15) is 30.3 Å². The number of aryl methyl sites for hydroxylation is 2. The van der Waals surface area contributed by atoms with E-state index in [0.29, 0.717) is 0 Å². The summed E-state index contributed by atoms with van der Waals surface area (Å²) >= 11 is 0. The van der Waals surface area contributed by atoms with Crippen LogP contribution in [0.15, 0.2) is 30.5 Å². The van der Waals surface area contributed by atoms with Gasteiger partial charge >= 0.3 is 0 Å². The molecule has 0 radical (unpaired) electrons. The van der Waals surface area contributed by atoms with Crippen molar-refractivity contribution in [2.45, 2.75) is 33.7 Å². The van der Waals surface area contributed by atoms with Gasteiger partial charge in [0.2, 0.25) is 0 Å². The normalized spacial score (nSPS) is 10.6. The average Bonchev–Trinajstić information content (AvgIpc) is 2.41. The van der Waals surface area contributed by atoms with Gasteiger partial charge in [0.25, 0.3) is 0 Å². The van der Waals surface area contributed by atoms with Gasteiger partial charge in [-0.25, -0.2) is 4.98 Å². The number of rotatable bonds is 5. The molecule has 4 heteroatoms. The molecule has 0 bridgehead atoms. The van der Waals surface area contributed by atoms with Crippen LogP contribution in [0.5, 0.6) is 0 Å². The van der Waals surface area contributed by atoms with Gasteiger partial charge < -0.3 is 10.6 Å². The maximum absolute atomic E-state index is 5.84. The molecule has 0 fully saturated rings. The highest BCUT2D eigenvalue weighted by molar-refractivity contribution is 5.44. The lowest BCUT2D eigenvalue weighted by Crippen LogP contribution is -2.25. The smallest absolute Gasteiger partial charge is 0.147 e. The largest absolute Gasteiger partial charge is 0.399 e. The van der Waals surface area contributed by atoms with E-state index in [-0.39, 0.29) is 0 Å². The summed E-state index contributed by atoms with van der Waals surface area (Å²) in [7, 11) is 0. The summed E-state index contributed by atoms with van der Waals surface area (Å²) in [4.78, 5) is 11.3. The first-order valence-electron chi connectivity index (χ1n) is 6.99. The van der Waals surface area contributed by atoms with Crippen LogP contribution in [0.3, 0.4) is 0 Å². The highest BCUT2D eigenvalue weighted by Crippen LogP contribution is 2.17. The van der Waals surface area contributed by atoms with Crippen molar-refractivity contribution in [3.05, 3.63) is 47.4 Å². The molecular weight excluding hydrogens is 248 g/mol. The monoisotopic (exact) mass is 270 g/mol. The lowest BCUT2D eigenvalue weighted by atomic mass is 10.2. The fraction of sp³-hybridized carbons (Fsp3) is 0.375. The lowest BCUT2D eigenvalue weighted by Gasteiger charge is -2.23. The fourth-order valence-electron chi connectivity index (χ4n) is 2.14. The SMILES string of the molecule is CCCN(Cc1cccc(N)c1)c1cnc(C)c(C)n1. The molecule has 2 aromatic rings. The van der Waals surface area contributed by atoms with Crippen molar-refractivity contribution >= 4 is 11.5 Å². The molecule has 0 saturated carbocycles. The highest BCUT2D eigenvalue weighted by Gasteiger charge is 2.10. The van der Waals surface area contributed by atoms with E-state index in [1.807, 2.05) is 38.2 Å². The Kier molecular flexibility index (Phi) is 4.56. The molecule has 0 amide bonds. The molecule has 4 nitrogen and oxygen atoms in total. The van der Waals surface area contributed by atoms with E-state index in [9.17, 15) is 0 Å².